The summed E-state index contributed by atoms with van der Waals surface area (Å²) in [5.74, 6) is 1.19. The maximum atomic E-state index is 12.7. The third-order valence-corrected chi connectivity index (χ3v) is 4.82. The average Bonchev–Trinajstić information content (AvgIpc) is 2.65. The molecule has 1 aromatic heterocycles. The maximum Gasteiger partial charge on any atom is 0.293 e. The van der Waals surface area contributed by atoms with Gasteiger partial charge in [0.25, 0.3) is 5.56 Å². The van der Waals surface area contributed by atoms with Gasteiger partial charge in [0, 0.05) is 28.0 Å². The molecule has 0 spiro atoms. The summed E-state index contributed by atoms with van der Waals surface area (Å²) in [5, 5.41) is 0.967. The van der Waals surface area contributed by atoms with Crippen LogP contribution in [0.2, 0.25) is 0 Å². The minimum Gasteiger partial charge on any atom is -0.489 e. The Morgan fingerprint density at radius 1 is 1.20 bits per heavy atom. The van der Waals surface area contributed by atoms with Gasteiger partial charge in [-0.15, -0.1) is 0 Å². The quantitative estimate of drug-likeness (QED) is 0.666. The van der Waals surface area contributed by atoms with Crippen LogP contribution in [0, 0.1) is 0 Å². The fraction of sp³-hybridized carbons (Fsp3) is 0.150. The van der Waals surface area contributed by atoms with Crippen molar-refractivity contribution in [3.63, 3.8) is 0 Å². The minimum absolute atomic E-state index is 0.130. The van der Waals surface area contributed by atoms with E-state index < -0.39 is 0 Å². The smallest absolute Gasteiger partial charge is 0.293 e. The van der Waals surface area contributed by atoms with E-state index in [1.165, 1.54) is 0 Å². The molecular weight excluding hydrogens is 382 g/mol. The number of rotatable bonds is 3. The second-order valence-electron chi connectivity index (χ2n) is 5.87. The summed E-state index contributed by atoms with van der Waals surface area (Å²) in [7, 11) is 1.76. The average molecular weight is 398 g/mol. The fourth-order valence-electron chi connectivity index (χ4n) is 3.08. The van der Waals surface area contributed by atoms with Crippen LogP contribution >= 0.6 is 15.9 Å². The number of aryl methyl sites for hydroxylation is 1. The fourth-order valence-corrected chi connectivity index (χ4v) is 3.44. The highest BCUT2D eigenvalue weighted by Crippen LogP contribution is 2.35. The Kier molecular flexibility index (Phi) is 4.09. The second-order valence-corrected chi connectivity index (χ2v) is 6.79. The molecule has 0 atom stereocenters. The van der Waals surface area contributed by atoms with Crippen LogP contribution in [-0.2, 0) is 7.05 Å². The van der Waals surface area contributed by atoms with Crippen LogP contribution < -0.4 is 15.0 Å². The van der Waals surface area contributed by atoms with Crippen molar-refractivity contribution in [3.05, 3.63) is 75.0 Å². The molecule has 0 amide bonds. The maximum absolute atomic E-state index is 12.7. The van der Waals surface area contributed by atoms with E-state index >= 15 is 0 Å². The molecule has 0 radical (unpaired) electrons. The van der Waals surface area contributed by atoms with Crippen LogP contribution in [0.25, 0.3) is 16.5 Å². The predicted molar refractivity (Wildman–Crippen MR) is 102 cm³/mol. The van der Waals surface area contributed by atoms with Crippen molar-refractivity contribution in [3.8, 4) is 11.5 Å². The third-order valence-electron chi connectivity index (χ3n) is 4.33. The van der Waals surface area contributed by atoms with Crippen molar-refractivity contribution in [2.24, 2.45) is 7.05 Å². The Hall–Kier alpha value is -2.53. The number of hydrogen-bond acceptors (Lipinski definition) is 3. The molecule has 0 saturated carbocycles. The molecule has 0 fully saturated rings. The van der Waals surface area contributed by atoms with E-state index in [2.05, 4.69) is 15.9 Å². The van der Waals surface area contributed by atoms with Crippen LogP contribution in [0.3, 0.4) is 0 Å². The molecule has 4 nitrogen and oxygen atoms in total. The molecule has 126 valence electrons. The highest BCUT2D eigenvalue weighted by Gasteiger charge is 2.23. The summed E-state index contributed by atoms with van der Waals surface area (Å²) in [6.07, 6.45) is 1.98. The first-order valence-electron chi connectivity index (χ1n) is 7.97. The summed E-state index contributed by atoms with van der Waals surface area (Å²) in [6.45, 7) is 0.754. The van der Waals surface area contributed by atoms with Gasteiger partial charge in [0.05, 0.1) is 5.52 Å². The summed E-state index contributed by atoms with van der Waals surface area (Å²) in [4.78, 5) is 12.7. The van der Waals surface area contributed by atoms with Crippen molar-refractivity contribution < 1.29 is 9.47 Å². The number of halogens is 1. The number of benzene rings is 2. The first-order valence-corrected chi connectivity index (χ1v) is 8.77. The summed E-state index contributed by atoms with van der Waals surface area (Å²) in [6, 6.07) is 15.5. The molecule has 3 aromatic rings. The first kappa shape index (κ1) is 16.0. The third kappa shape index (κ3) is 2.85. The summed E-state index contributed by atoms with van der Waals surface area (Å²) in [5.41, 5.74) is 2.52. The van der Waals surface area contributed by atoms with Crippen LogP contribution in [0.15, 0.2) is 63.9 Å². The van der Waals surface area contributed by atoms with E-state index in [4.69, 9.17) is 9.47 Å². The van der Waals surface area contributed by atoms with Crippen LogP contribution in [0.4, 0.5) is 0 Å². The van der Waals surface area contributed by atoms with Gasteiger partial charge in [0.15, 0.2) is 5.75 Å². The van der Waals surface area contributed by atoms with E-state index in [1.807, 2.05) is 54.6 Å². The number of para-hydroxylation sites is 1. The standard InChI is InChI=1S/C20H16BrNO3/c1-22-17-8-7-14(21)11-16(17)18-13(9-10-24-19(18)20(22)23)12-25-15-5-3-2-4-6-15/h2-9,11H,10,12H2,1H3. The van der Waals surface area contributed by atoms with E-state index in [9.17, 15) is 4.79 Å². The zero-order chi connectivity index (χ0) is 17.4. The van der Waals surface area contributed by atoms with Gasteiger partial charge in [-0.2, -0.15) is 0 Å². The van der Waals surface area contributed by atoms with Gasteiger partial charge in [-0.25, -0.2) is 0 Å². The molecular formula is C20H16BrNO3. The molecule has 25 heavy (non-hydrogen) atoms. The van der Waals surface area contributed by atoms with Crippen molar-refractivity contribution >= 4 is 32.4 Å². The topological polar surface area (TPSA) is 40.5 Å². The highest BCUT2D eigenvalue weighted by atomic mass is 79.9. The van der Waals surface area contributed by atoms with Crippen LogP contribution in [0.1, 0.15) is 5.56 Å². The summed E-state index contributed by atoms with van der Waals surface area (Å²) >= 11 is 3.52. The molecule has 2 aromatic carbocycles. The number of aromatic nitrogens is 1. The molecule has 0 saturated heterocycles. The monoisotopic (exact) mass is 397 g/mol. The van der Waals surface area contributed by atoms with Crippen LogP contribution in [-0.4, -0.2) is 17.8 Å². The van der Waals surface area contributed by atoms with Crippen molar-refractivity contribution in [2.45, 2.75) is 0 Å². The Morgan fingerprint density at radius 2 is 2.00 bits per heavy atom. The lowest BCUT2D eigenvalue weighted by atomic mass is 9.98. The van der Waals surface area contributed by atoms with Crippen molar-refractivity contribution in [1.82, 2.24) is 4.57 Å². The molecule has 0 unspecified atom stereocenters. The highest BCUT2D eigenvalue weighted by molar-refractivity contribution is 9.10. The number of hydrogen-bond donors (Lipinski definition) is 0. The Morgan fingerprint density at radius 3 is 2.80 bits per heavy atom. The molecule has 2 heterocycles. The Bertz CT molecular complexity index is 1040. The molecule has 1 aliphatic rings. The molecule has 0 bridgehead atoms. The van der Waals surface area contributed by atoms with Crippen molar-refractivity contribution in [2.75, 3.05) is 13.2 Å². The Labute approximate surface area is 153 Å². The number of pyridine rings is 1. The van der Waals surface area contributed by atoms with E-state index in [-0.39, 0.29) is 5.56 Å². The van der Waals surface area contributed by atoms with Gasteiger partial charge in [0.2, 0.25) is 0 Å². The van der Waals surface area contributed by atoms with E-state index in [0.717, 1.165) is 32.3 Å². The lowest BCUT2D eigenvalue weighted by Crippen LogP contribution is -2.24. The normalized spacial score (nSPS) is 13.1. The van der Waals surface area contributed by atoms with E-state index in [0.29, 0.717) is 19.0 Å². The zero-order valence-corrected chi connectivity index (χ0v) is 15.2. The minimum atomic E-state index is -0.130. The molecule has 0 N–H and O–H groups in total. The predicted octanol–water partition coefficient (Wildman–Crippen LogP) is 4.16. The molecule has 1 aliphatic heterocycles. The number of fused-ring (bicyclic) bond motifs is 3. The van der Waals surface area contributed by atoms with Gasteiger partial charge in [-0.1, -0.05) is 34.1 Å². The zero-order valence-electron chi connectivity index (χ0n) is 13.7. The molecule has 4 rings (SSSR count). The second kappa shape index (κ2) is 6.41. The first-order chi connectivity index (χ1) is 12.1. The van der Waals surface area contributed by atoms with Crippen LogP contribution in [0.5, 0.6) is 11.5 Å². The SMILES string of the molecule is Cn1c(=O)c2c(c3cc(Br)ccc31)C(COc1ccccc1)=CCO2. The summed E-state index contributed by atoms with van der Waals surface area (Å²) < 4.78 is 14.2. The van der Waals surface area contributed by atoms with Gasteiger partial charge in [-0.05, 0) is 36.4 Å². The van der Waals surface area contributed by atoms with Crippen molar-refractivity contribution in [1.29, 1.82) is 0 Å². The number of nitrogens with zero attached hydrogens (tertiary/aromatic N) is 1. The molecule has 0 aliphatic carbocycles. The van der Waals surface area contributed by atoms with E-state index in [1.54, 1.807) is 11.6 Å². The molecule has 5 heteroatoms. The Balaban J connectivity index is 1.84. The number of ether oxygens (including phenoxy) is 2. The lowest BCUT2D eigenvalue weighted by Gasteiger charge is -2.22. The largest absolute Gasteiger partial charge is 0.489 e. The van der Waals surface area contributed by atoms with Gasteiger partial charge >= 0.3 is 0 Å². The van der Waals surface area contributed by atoms with Gasteiger partial charge in [0.1, 0.15) is 19.0 Å². The van der Waals surface area contributed by atoms with Gasteiger partial charge in [-0.3, -0.25) is 4.79 Å². The lowest BCUT2D eigenvalue weighted by molar-refractivity contribution is 0.338. The van der Waals surface area contributed by atoms with Gasteiger partial charge < -0.3 is 14.0 Å².